The Kier molecular flexibility index (Phi) is 4.16. The predicted molar refractivity (Wildman–Crippen MR) is 82.9 cm³/mol. The molecule has 0 unspecified atom stereocenters. The lowest BCUT2D eigenvalue weighted by molar-refractivity contribution is 0.590. The van der Waals surface area contributed by atoms with Crippen LogP contribution in [0.5, 0.6) is 0 Å². The smallest absolute Gasteiger partial charge is 0.0639 e. The molecule has 98 valence electrons. The zero-order chi connectivity index (χ0) is 13.7. The third kappa shape index (κ3) is 4.06. The summed E-state index contributed by atoms with van der Waals surface area (Å²) in [5.74, 6) is 0. The fraction of sp³-hybridized carbons (Fsp3) is 0.278. The highest BCUT2D eigenvalue weighted by molar-refractivity contribution is 5.79. The Morgan fingerprint density at radius 2 is 1.53 bits per heavy atom. The van der Waals surface area contributed by atoms with Crippen LogP contribution in [0.25, 0.3) is 0 Å². The van der Waals surface area contributed by atoms with E-state index in [0.717, 1.165) is 12.1 Å². The number of hydrogen-bond acceptors (Lipinski definition) is 1. The molecule has 0 heterocycles. The molecule has 2 aromatic carbocycles. The highest BCUT2D eigenvalue weighted by Crippen LogP contribution is 2.21. The van der Waals surface area contributed by atoms with E-state index < -0.39 is 0 Å². The van der Waals surface area contributed by atoms with Crippen molar-refractivity contribution >= 4 is 6.21 Å². The van der Waals surface area contributed by atoms with Crippen LogP contribution in [0.4, 0.5) is 0 Å². The Labute approximate surface area is 116 Å². The topological polar surface area (TPSA) is 12.4 Å². The van der Waals surface area contributed by atoms with Gasteiger partial charge in [-0.25, -0.2) is 0 Å². The van der Waals surface area contributed by atoms with Crippen molar-refractivity contribution in [3.63, 3.8) is 0 Å². The molecular formula is C18H21N. The highest BCUT2D eigenvalue weighted by atomic mass is 14.7. The largest absolute Gasteiger partial charge is 0.288 e. The van der Waals surface area contributed by atoms with Gasteiger partial charge in [0.15, 0.2) is 0 Å². The summed E-state index contributed by atoms with van der Waals surface area (Å²) in [5.41, 5.74) is 3.96. The van der Waals surface area contributed by atoms with Crippen LogP contribution < -0.4 is 0 Å². The van der Waals surface area contributed by atoms with Gasteiger partial charge in [-0.3, -0.25) is 4.99 Å². The Morgan fingerprint density at radius 3 is 2.11 bits per heavy atom. The first-order valence-electron chi connectivity index (χ1n) is 6.70. The second-order valence-electron chi connectivity index (χ2n) is 5.83. The first-order chi connectivity index (χ1) is 9.05. The van der Waals surface area contributed by atoms with E-state index in [4.69, 9.17) is 0 Å². The van der Waals surface area contributed by atoms with Gasteiger partial charge in [0.05, 0.1) is 6.54 Å². The first kappa shape index (κ1) is 13.5. The molecule has 0 N–H and O–H groups in total. The van der Waals surface area contributed by atoms with Crippen LogP contribution in [0, 0.1) is 0 Å². The summed E-state index contributed by atoms with van der Waals surface area (Å²) in [7, 11) is 0. The molecule has 0 bridgehead atoms. The molecule has 0 aliphatic carbocycles. The van der Waals surface area contributed by atoms with E-state index in [1.807, 2.05) is 24.4 Å². The third-order valence-corrected chi connectivity index (χ3v) is 3.13. The normalized spacial score (nSPS) is 11.9. The van der Waals surface area contributed by atoms with Crippen molar-refractivity contribution in [2.24, 2.45) is 4.99 Å². The van der Waals surface area contributed by atoms with Crippen molar-refractivity contribution in [3.05, 3.63) is 71.3 Å². The summed E-state index contributed by atoms with van der Waals surface area (Å²) in [6.07, 6.45) is 1.94. The van der Waals surface area contributed by atoms with Crippen molar-refractivity contribution in [1.82, 2.24) is 0 Å². The van der Waals surface area contributed by atoms with Crippen molar-refractivity contribution in [1.29, 1.82) is 0 Å². The fourth-order valence-electron chi connectivity index (χ4n) is 1.91. The lowest BCUT2D eigenvalue weighted by atomic mass is 9.87. The van der Waals surface area contributed by atoms with E-state index in [1.165, 1.54) is 11.1 Å². The zero-order valence-electron chi connectivity index (χ0n) is 11.9. The molecule has 0 spiro atoms. The summed E-state index contributed by atoms with van der Waals surface area (Å²) in [5, 5.41) is 0. The molecule has 1 nitrogen and oxygen atoms in total. The Morgan fingerprint density at radius 1 is 0.895 bits per heavy atom. The van der Waals surface area contributed by atoms with Crippen LogP contribution in [-0.4, -0.2) is 6.21 Å². The standard InChI is InChI=1S/C18H21N/c1-18(2,3)17-11-9-16(10-12-17)14-19-13-15-7-5-4-6-8-15/h4-12,14H,13H2,1-3H3. The minimum Gasteiger partial charge on any atom is -0.288 e. The molecule has 2 rings (SSSR count). The maximum Gasteiger partial charge on any atom is 0.0639 e. The first-order valence-corrected chi connectivity index (χ1v) is 6.70. The predicted octanol–water partition coefficient (Wildman–Crippen LogP) is 4.60. The van der Waals surface area contributed by atoms with E-state index in [-0.39, 0.29) is 5.41 Å². The molecule has 2 aromatic rings. The Balaban J connectivity index is 2.00. The lowest BCUT2D eigenvalue weighted by Gasteiger charge is -2.18. The van der Waals surface area contributed by atoms with Crippen LogP contribution >= 0.6 is 0 Å². The van der Waals surface area contributed by atoms with E-state index >= 15 is 0 Å². The SMILES string of the molecule is CC(C)(C)c1ccc(C=NCc2ccccc2)cc1. The minimum absolute atomic E-state index is 0.208. The lowest BCUT2D eigenvalue weighted by Crippen LogP contribution is -2.10. The molecular weight excluding hydrogens is 230 g/mol. The molecule has 0 aliphatic heterocycles. The average Bonchev–Trinajstić information content (AvgIpc) is 2.39. The van der Waals surface area contributed by atoms with Crippen LogP contribution in [-0.2, 0) is 12.0 Å². The van der Waals surface area contributed by atoms with Crippen molar-refractivity contribution in [2.45, 2.75) is 32.7 Å². The van der Waals surface area contributed by atoms with Crippen molar-refractivity contribution in [2.75, 3.05) is 0 Å². The molecule has 0 atom stereocenters. The average molecular weight is 251 g/mol. The molecule has 0 aromatic heterocycles. The van der Waals surface area contributed by atoms with Gasteiger partial charge >= 0.3 is 0 Å². The summed E-state index contributed by atoms with van der Waals surface area (Å²) >= 11 is 0. The fourth-order valence-corrected chi connectivity index (χ4v) is 1.91. The zero-order valence-corrected chi connectivity index (χ0v) is 11.9. The van der Waals surface area contributed by atoms with Crippen molar-refractivity contribution < 1.29 is 0 Å². The van der Waals surface area contributed by atoms with E-state index in [9.17, 15) is 0 Å². The number of rotatable bonds is 3. The molecule has 0 aliphatic rings. The summed E-state index contributed by atoms with van der Waals surface area (Å²) < 4.78 is 0. The van der Waals surface area contributed by atoms with Gasteiger partial charge in [-0.05, 0) is 22.1 Å². The van der Waals surface area contributed by atoms with Gasteiger partial charge in [0, 0.05) is 6.21 Å². The third-order valence-electron chi connectivity index (χ3n) is 3.13. The summed E-state index contributed by atoms with van der Waals surface area (Å²) in [6, 6.07) is 18.9. The summed E-state index contributed by atoms with van der Waals surface area (Å²) in [6.45, 7) is 7.42. The minimum atomic E-state index is 0.208. The molecule has 0 radical (unpaired) electrons. The maximum absolute atomic E-state index is 4.48. The molecule has 0 fully saturated rings. The second-order valence-corrected chi connectivity index (χ2v) is 5.83. The van der Waals surface area contributed by atoms with Crippen LogP contribution in [0.3, 0.4) is 0 Å². The van der Waals surface area contributed by atoms with Crippen LogP contribution in [0.15, 0.2) is 59.6 Å². The Hall–Kier alpha value is -1.89. The van der Waals surface area contributed by atoms with Gasteiger partial charge in [-0.2, -0.15) is 0 Å². The quantitative estimate of drug-likeness (QED) is 0.707. The van der Waals surface area contributed by atoms with Crippen molar-refractivity contribution in [3.8, 4) is 0 Å². The number of benzene rings is 2. The number of hydrogen-bond donors (Lipinski definition) is 0. The monoisotopic (exact) mass is 251 g/mol. The van der Waals surface area contributed by atoms with E-state index in [1.54, 1.807) is 0 Å². The van der Waals surface area contributed by atoms with Gasteiger partial charge in [0.25, 0.3) is 0 Å². The number of nitrogens with zero attached hydrogens (tertiary/aromatic N) is 1. The van der Waals surface area contributed by atoms with E-state index in [0.29, 0.717) is 0 Å². The number of aliphatic imine (C=N–C) groups is 1. The molecule has 0 saturated heterocycles. The van der Waals surface area contributed by atoms with Gasteiger partial charge in [0.2, 0.25) is 0 Å². The van der Waals surface area contributed by atoms with Gasteiger partial charge in [-0.15, -0.1) is 0 Å². The molecule has 1 heteroatoms. The molecule has 19 heavy (non-hydrogen) atoms. The van der Waals surface area contributed by atoms with E-state index in [2.05, 4.69) is 62.2 Å². The second kappa shape index (κ2) is 5.83. The molecule has 0 amide bonds. The van der Waals surface area contributed by atoms with Gasteiger partial charge in [-0.1, -0.05) is 75.4 Å². The molecule has 0 saturated carbocycles. The maximum atomic E-state index is 4.48. The highest BCUT2D eigenvalue weighted by Gasteiger charge is 2.12. The van der Waals surface area contributed by atoms with Gasteiger partial charge in [0.1, 0.15) is 0 Å². The van der Waals surface area contributed by atoms with Gasteiger partial charge < -0.3 is 0 Å². The van der Waals surface area contributed by atoms with Crippen LogP contribution in [0.1, 0.15) is 37.5 Å². The Bertz CT molecular complexity index is 530. The van der Waals surface area contributed by atoms with Crippen LogP contribution in [0.2, 0.25) is 0 Å². The summed E-state index contributed by atoms with van der Waals surface area (Å²) in [4.78, 5) is 4.48.